The number of aryl methyl sites for hydroxylation is 1. The number of nitrogen functional groups attached to an aromatic ring is 1. The Kier molecular flexibility index (Phi) is 4.72. The van der Waals surface area contributed by atoms with Crippen molar-refractivity contribution in [2.24, 2.45) is 0 Å². The van der Waals surface area contributed by atoms with E-state index in [1.54, 1.807) is 11.3 Å². The molecule has 6 nitrogen and oxygen atoms in total. The number of carbonyl (C=O) groups is 1. The number of benzene rings is 1. The molecule has 2 aromatic heterocycles. The molecule has 0 spiro atoms. The molecule has 0 radical (unpaired) electrons. The lowest BCUT2D eigenvalue weighted by atomic mass is 10.2. The molecule has 7 heteroatoms. The molecule has 4 N–H and O–H groups in total. The Morgan fingerprint density at radius 2 is 1.92 bits per heavy atom. The van der Waals surface area contributed by atoms with Crippen molar-refractivity contribution in [3.05, 3.63) is 58.4 Å². The monoisotopic (exact) mass is 339 g/mol. The van der Waals surface area contributed by atoms with Crippen LogP contribution in [-0.4, -0.2) is 15.9 Å². The third-order valence-corrected chi connectivity index (χ3v) is 4.10. The van der Waals surface area contributed by atoms with E-state index in [2.05, 4.69) is 20.6 Å². The van der Waals surface area contributed by atoms with Gasteiger partial charge in [-0.25, -0.2) is 4.98 Å². The van der Waals surface area contributed by atoms with Crippen molar-refractivity contribution in [1.82, 2.24) is 9.97 Å². The minimum absolute atomic E-state index is 0.0302. The standard InChI is InChI=1S/C17H17N5OS/c1-11-9-15(22-17(18)19-11)20-12-4-6-13(7-5-12)21-16(23)10-14-3-2-8-24-14/h2-9H,10H2,1H3,(H,21,23)(H3,18,19,20,22). The molecular formula is C17H17N5OS. The van der Waals surface area contributed by atoms with Crippen molar-refractivity contribution >= 4 is 40.4 Å². The van der Waals surface area contributed by atoms with Gasteiger partial charge in [-0.3, -0.25) is 4.79 Å². The van der Waals surface area contributed by atoms with E-state index in [4.69, 9.17) is 5.73 Å². The van der Waals surface area contributed by atoms with E-state index < -0.39 is 0 Å². The van der Waals surface area contributed by atoms with E-state index in [0.29, 0.717) is 12.2 Å². The molecular weight excluding hydrogens is 322 g/mol. The topological polar surface area (TPSA) is 92.9 Å². The van der Waals surface area contributed by atoms with E-state index in [9.17, 15) is 4.79 Å². The van der Waals surface area contributed by atoms with Gasteiger partial charge in [-0.1, -0.05) is 6.07 Å². The number of hydrogen-bond acceptors (Lipinski definition) is 6. The van der Waals surface area contributed by atoms with Crippen LogP contribution in [0, 0.1) is 6.92 Å². The lowest BCUT2D eigenvalue weighted by molar-refractivity contribution is -0.115. The van der Waals surface area contributed by atoms with Crippen molar-refractivity contribution < 1.29 is 4.79 Å². The summed E-state index contributed by atoms with van der Waals surface area (Å²) in [4.78, 5) is 21.2. The van der Waals surface area contributed by atoms with Gasteiger partial charge in [-0.15, -0.1) is 11.3 Å². The molecule has 1 amide bonds. The molecule has 0 saturated carbocycles. The van der Waals surface area contributed by atoms with Crippen LogP contribution in [0.2, 0.25) is 0 Å². The summed E-state index contributed by atoms with van der Waals surface area (Å²) in [6.45, 7) is 1.86. The smallest absolute Gasteiger partial charge is 0.229 e. The van der Waals surface area contributed by atoms with E-state index in [1.807, 2.05) is 54.8 Å². The maximum Gasteiger partial charge on any atom is 0.229 e. The number of thiophene rings is 1. The second-order valence-electron chi connectivity index (χ2n) is 5.26. The molecule has 0 fully saturated rings. The van der Waals surface area contributed by atoms with Crippen LogP contribution in [0.25, 0.3) is 0 Å². The average molecular weight is 339 g/mol. The average Bonchev–Trinajstić information content (AvgIpc) is 3.01. The highest BCUT2D eigenvalue weighted by Gasteiger charge is 2.05. The molecule has 24 heavy (non-hydrogen) atoms. The third kappa shape index (κ3) is 4.30. The van der Waals surface area contributed by atoms with Crippen molar-refractivity contribution in [1.29, 1.82) is 0 Å². The number of rotatable bonds is 5. The number of hydrogen-bond donors (Lipinski definition) is 3. The number of nitrogens with two attached hydrogens (primary N) is 1. The van der Waals surface area contributed by atoms with Gasteiger partial charge >= 0.3 is 0 Å². The number of carbonyl (C=O) groups excluding carboxylic acids is 1. The minimum atomic E-state index is -0.0302. The van der Waals surface area contributed by atoms with Crippen LogP contribution in [0.1, 0.15) is 10.6 Å². The lowest BCUT2D eigenvalue weighted by Crippen LogP contribution is -2.13. The fraction of sp³-hybridized carbons (Fsp3) is 0.118. The zero-order valence-corrected chi connectivity index (χ0v) is 13.9. The molecule has 3 rings (SSSR count). The summed E-state index contributed by atoms with van der Waals surface area (Å²) >= 11 is 1.57. The Balaban J connectivity index is 1.61. The van der Waals surface area contributed by atoms with Crippen molar-refractivity contribution in [2.45, 2.75) is 13.3 Å². The number of nitrogens with one attached hydrogen (secondary N) is 2. The van der Waals surface area contributed by atoms with Gasteiger partial charge in [-0.2, -0.15) is 4.98 Å². The first-order valence-electron chi connectivity index (χ1n) is 7.39. The minimum Gasteiger partial charge on any atom is -0.368 e. The number of nitrogens with zero attached hydrogens (tertiary/aromatic N) is 2. The van der Waals surface area contributed by atoms with Crippen LogP contribution < -0.4 is 16.4 Å². The van der Waals surface area contributed by atoms with E-state index >= 15 is 0 Å². The summed E-state index contributed by atoms with van der Waals surface area (Å²) in [7, 11) is 0. The molecule has 122 valence electrons. The Bertz CT molecular complexity index is 810. The summed E-state index contributed by atoms with van der Waals surface area (Å²) in [5.74, 6) is 0.835. The Labute approximate surface area is 143 Å². The van der Waals surface area contributed by atoms with Crippen molar-refractivity contribution in [3.63, 3.8) is 0 Å². The maximum absolute atomic E-state index is 12.0. The summed E-state index contributed by atoms with van der Waals surface area (Å²) in [5, 5.41) is 8.01. The highest BCUT2D eigenvalue weighted by Crippen LogP contribution is 2.19. The maximum atomic E-state index is 12.0. The predicted octanol–water partition coefficient (Wildman–Crippen LogP) is 3.35. The molecule has 0 aliphatic carbocycles. The van der Waals surface area contributed by atoms with Gasteiger partial charge in [0.1, 0.15) is 5.82 Å². The van der Waals surface area contributed by atoms with Gasteiger partial charge in [0.2, 0.25) is 11.9 Å². The van der Waals surface area contributed by atoms with Crippen LogP contribution in [0.4, 0.5) is 23.1 Å². The molecule has 1 aromatic carbocycles. The molecule has 3 aromatic rings. The SMILES string of the molecule is Cc1cc(Nc2ccc(NC(=O)Cc3cccs3)cc2)nc(N)n1. The first kappa shape index (κ1) is 15.9. The summed E-state index contributed by atoms with van der Waals surface area (Å²) in [6, 6.07) is 13.1. The third-order valence-electron chi connectivity index (χ3n) is 3.23. The predicted molar refractivity (Wildman–Crippen MR) is 97.6 cm³/mol. The summed E-state index contributed by atoms with van der Waals surface area (Å²) in [6.07, 6.45) is 0.386. The second-order valence-corrected chi connectivity index (χ2v) is 6.29. The molecule has 0 saturated heterocycles. The zero-order valence-electron chi connectivity index (χ0n) is 13.1. The molecule has 0 aliphatic heterocycles. The Morgan fingerprint density at radius 3 is 2.58 bits per heavy atom. The van der Waals surface area contributed by atoms with Crippen LogP contribution in [0.15, 0.2) is 47.8 Å². The molecule has 0 atom stereocenters. The molecule has 0 bridgehead atoms. The zero-order chi connectivity index (χ0) is 16.9. The number of aromatic nitrogens is 2. The first-order chi connectivity index (χ1) is 11.6. The Morgan fingerprint density at radius 1 is 1.17 bits per heavy atom. The Hall–Kier alpha value is -2.93. The quantitative estimate of drug-likeness (QED) is 0.663. The summed E-state index contributed by atoms with van der Waals surface area (Å²) < 4.78 is 0. The fourth-order valence-electron chi connectivity index (χ4n) is 2.22. The van der Waals surface area contributed by atoms with Crippen molar-refractivity contribution in [2.75, 3.05) is 16.4 Å². The van der Waals surface area contributed by atoms with Gasteiger partial charge in [0.15, 0.2) is 0 Å². The lowest BCUT2D eigenvalue weighted by Gasteiger charge is -2.09. The molecule has 0 aliphatic rings. The normalized spacial score (nSPS) is 10.4. The van der Waals surface area contributed by atoms with Crippen LogP contribution in [0.3, 0.4) is 0 Å². The largest absolute Gasteiger partial charge is 0.368 e. The fourth-order valence-corrected chi connectivity index (χ4v) is 2.92. The van der Waals surface area contributed by atoms with Gasteiger partial charge in [0.05, 0.1) is 6.42 Å². The van der Waals surface area contributed by atoms with Gasteiger partial charge in [0.25, 0.3) is 0 Å². The summed E-state index contributed by atoms with van der Waals surface area (Å²) in [5.41, 5.74) is 8.03. The van der Waals surface area contributed by atoms with Crippen LogP contribution in [0.5, 0.6) is 0 Å². The second kappa shape index (κ2) is 7.10. The number of anilines is 4. The number of amides is 1. The molecule has 2 heterocycles. The van der Waals surface area contributed by atoms with E-state index in [1.165, 1.54) is 0 Å². The van der Waals surface area contributed by atoms with Crippen LogP contribution in [-0.2, 0) is 11.2 Å². The van der Waals surface area contributed by atoms with Crippen LogP contribution >= 0.6 is 11.3 Å². The highest BCUT2D eigenvalue weighted by atomic mass is 32.1. The van der Waals surface area contributed by atoms with Gasteiger partial charge < -0.3 is 16.4 Å². The van der Waals surface area contributed by atoms with Gasteiger partial charge in [-0.05, 0) is 42.6 Å². The van der Waals surface area contributed by atoms with Gasteiger partial charge in [0, 0.05) is 28.0 Å². The van der Waals surface area contributed by atoms with Crippen molar-refractivity contribution in [3.8, 4) is 0 Å². The van der Waals surface area contributed by atoms with E-state index in [0.717, 1.165) is 21.9 Å². The highest BCUT2D eigenvalue weighted by molar-refractivity contribution is 7.10. The first-order valence-corrected chi connectivity index (χ1v) is 8.27. The van der Waals surface area contributed by atoms with E-state index in [-0.39, 0.29) is 11.9 Å². The molecule has 0 unspecified atom stereocenters.